The van der Waals surface area contributed by atoms with Gasteiger partial charge in [0.15, 0.2) is 0 Å². The maximum Gasteiger partial charge on any atom is 0.0591 e. The van der Waals surface area contributed by atoms with E-state index in [-0.39, 0.29) is 0 Å². The summed E-state index contributed by atoms with van der Waals surface area (Å²) in [4.78, 5) is 0. The highest BCUT2D eigenvalue weighted by Gasteiger charge is 2.28. The van der Waals surface area contributed by atoms with E-state index in [0.29, 0.717) is 0 Å². The molecule has 0 saturated heterocycles. The zero-order valence-corrected chi connectivity index (χ0v) is 37.0. The van der Waals surface area contributed by atoms with Gasteiger partial charge < -0.3 is 9.13 Å². The predicted molar refractivity (Wildman–Crippen MR) is 275 cm³/mol. The van der Waals surface area contributed by atoms with E-state index < -0.39 is 0 Å². The minimum atomic E-state index is 0.935. The number of fused-ring (bicyclic) bond motifs is 14. The van der Waals surface area contributed by atoms with Gasteiger partial charge in [-0.05, 0) is 90.0 Å². The summed E-state index contributed by atoms with van der Waals surface area (Å²) in [6, 6.07) is 66.2. The number of aryl methyl sites for hydroxylation is 2. The number of hydrogen-bond acceptors (Lipinski definition) is 2. The Bertz CT molecular complexity index is 3760. The molecular formula is C59H42N2S2. The number of benzene rings is 9. The number of para-hydroxylation sites is 2. The summed E-state index contributed by atoms with van der Waals surface area (Å²) in [5, 5.41) is 10.5. The maximum atomic E-state index is 2.61. The highest BCUT2D eigenvalue weighted by Crippen LogP contribution is 2.50. The topological polar surface area (TPSA) is 9.86 Å². The Hall–Kier alpha value is -6.98. The number of hydrogen-bond donors (Lipinski definition) is 0. The van der Waals surface area contributed by atoms with Crippen molar-refractivity contribution < 1.29 is 0 Å². The summed E-state index contributed by atoms with van der Waals surface area (Å²) in [6.45, 7) is 6.98. The van der Waals surface area contributed by atoms with E-state index in [1.807, 2.05) is 22.7 Å². The Balaban J connectivity index is 1.25. The second-order valence-electron chi connectivity index (χ2n) is 16.9. The molecule has 4 aromatic heterocycles. The predicted octanol–water partition coefficient (Wildman–Crippen LogP) is 17.4. The molecule has 0 N–H and O–H groups in total. The molecule has 0 bridgehead atoms. The number of rotatable bonds is 6. The molecule has 13 aromatic rings. The van der Waals surface area contributed by atoms with Gasteiger partial charge >= 0.3 is 0 Å². The van der Waals surface area contributed by atoms with Crippen LogP contribution >= 0.6 is 22.7 Å². The quantitative estimate of drug-likeness (QED) is 0.158. The van der Waals surface area contributed by atoms with E-state index in [0.717, 1.165) is 12.8 Å². The lowest BCUT2D eigenvalue weighted by molar-refractivity contribution is 1.09. The van der Waals surface area contributed by atoms with Gasteiger partial charge in [-0.25, -0.2) is 0 Å². The molecule has 0 aliphatic carbocycles. The first-order valence-corrected chi connectivity index (χ1v) is 23.8. The third kappa shape index (κ3) is 5.17. The molecule has 0 atom stereocenters. The first-order chi connectivity index (χ1) is 31.1. The van der Waals surface area contributed by atoms with Crippen molar-refractivity contribution in [3.8, 4) is 33.6 Å². The Morgan fingerprint density at radius 2 is 0.762 bits per heavy atom. The van der Waals surface area contributed by atoms with Gasteiger partial charge in [0.05, 0.1) is 33.4 Å². The van der Waals surface area contributed by atoms with Crippen LogP contribution in [-0.4, -0.2) is 9.13 Å². The van der Waals surface area contributed by atoms with Crippen LogP contribution in [0.25, 0.3) is 118 Å². The molecule has 0 spiro atoms. The Morgan fingerprint density at radius 3 is 1.22 bits per heavy atom. The average Bonchev–Trinajstić information content (AvgIpc) is 4.09. The van der Waals surface area contributed by atoms with Crippen molar-refractivity contribution in [2.24, 2.45) is 0 Å². The molecule has 63 heavy (non-hydrogen) atoms. The van der Waals surface area contributed by atoms with Crippen LogP contribution in [0.3, 0.4) is 0 Å². The molecule has 300 valence electrons. The fourth-order valence-corrected chi connectivity index (χ4v) is 13.4. The molecule has 0 fully saturated rings. The fourth-order valence-electron chi connectivity index (χ4n) is 10.9. The van der Waals surface area contributed by atoms with Crippen molar-refractivity contribution in [1.82, 2.24) is 9.13 Å². The Kier molecular flexibility index (Phi) is 8.16. The summed E-state index contributed by atoms with van der Waals surface area (Å²) in [6.07, 6.45) is 1.87. The Morgan fingerprint density at radius 1 is 0.365 bits per heavy atom. The van der Waals surface area contributed by atoms with Crippen LogP contribution in [0.5, 0.6) is 0 Å². The highest BCUT2D eigenvalue weighted by atomic mass is 32.1. The van der Waals surface area contributed by atoms with Gasteiger partial charge in [-0.3, -0.25) is 0 Å². The molecule has 0 amide bonds. The molecule has 0 saturated carbocycles. The molecular weight excluding hydrogens is 801 g/mol. The van der Waals surface area contributed by atoms with E-state index >= 15 is 0 Å². The van der Waals surface area contributed by atoms with Gasteiger partial charge in [0.1, 0.15) is 0 Å². The molecule has 0 aliphatic rings. The van der Waals surface area contributed by atoms with Crippen LogP contribution in [0, 0.1) is 6.92 Å². The summed E-state index contributed by atoms with van der Waals surface area (Å²) in [5.74, 6) is 0. The molecule has 2 nitrogen and oxygen atoms in total. The lowest BCUT2D eigenvalue weighted by Crippen LogP contribution is -2.09. The Labute approximate surface area is 373 Å². The van der Waals surface area contributed by atoms with E-state index in [2.05, 4.69) is 206 Å². The van der Waals surface area contributed by atoms with Crippen molar-refractivity contribution >= 4 is 107 Å². The van der Waals surface area contributed by atoms with Gasteiger partial charge in [-0.2, -0.15) is 0 Å². The summed E-state index contributed by atoms with van der Waals surface area (Å²) in [5.41, 5.74) is 16.4. The van der Waals surface area contributed by atoms with E-state index in [1.54, 1.807) is 0 Å². The zero-order valence-electron chi connectivity index (χ0n) is 35.4. The van der Waals surface area contributed by atoms with Crippen LogP contribution in [0.15, 0.2) is 176 Å². The molecule has 0 radical (unpaired) electrons. The normalized spacial score (nSPS) is 12.2. The third-order valence-electron chi connectivity index (χ3n) is 13.7. The minimum Gasteiger partial charge on any atom is -0.308 e. The molecule has 13 rings (SSSR count). The number of nitrogens with zero attached hydrogens (tertiary/aromatic N) is 2. The van der Waals surface area contributed by atoms with Crippen molar-refractivity contribution in [1.29, 1.82) is 0 Å². The number of aromatic nitrogens is 2. The van der Waals surface area contributed by atoms with Gasteiger partial charge in [0.2, 0.25) is 0 Å². The monoisotopic (exact) mass is 842 g/mol. The first kappa shape index (κ1) is 36.7. The second kappa shape index (κ2) is 14.0. The lowest BCUT2D eigenvalue weighted by atomic mass is 9.87. The van der Waals surface area contributed by atoms with Crippen LogP contribution in [0.1, 0.15) is 30.5 Å². The van der Waals surface area contributed by atoms with Gasteiger partial charge in [-0.1, -0.05) is 147 Å². The van der Waals surface area contributed by atoms with Crippen LogP contribution in [0.4, 0.5) is 0 Å². The number of thiophene rings is 2. The average molecular weight is 843 g/mol. The van der Waals surface area contributed by atoms with Crippen LogP contribution < -0.4 is 0 Å². The lowest BCUT2D eigenvalue weighted by Gasteiger charge is -2.26. The molecule has 4 heteroatoms. The van der Waals surface area contributed by atoms with Gasteiger partial charge in [0, 0.05) is 73.0 Å². The van der Waals surface area contributed by atoms with E-state index in [1.165, 1.54) is 134 Å². The van der Waals surface area contributed by atoms with Crippen molar-refractivity contribution in [2.45, 2.75) is 33.6 Å². The molecule has 0 aliphatic heterocycles. The van der Waals surface area contributed by atoms with E-state index in [9.17, 15) is 0 Å². The maximum absolute atomic E-state index is 2.61. The fraction of sp³-hybridized carbons (Fsp3) is 0.0847. The van der Waals surface area contributed by atoms with Crippen LogP contribution in [0.2, 0.25) is 0 Å². The zero-order chi connectivity index (χ0) is 41.9. The van der Waals surface area contributed by atoms with E-state index in [4.69, 9.17) is 0 Å². The molecule has 9 aromatic carbocycles. The second-order valence-corrected chi connectivity index (χ2v) is 19.0. The van der Waals surface area contributed by atoms with Crippen molar-refractivity contribution in [3.05, 3.63) is 193 Å². The minimum absolute atomic E-state index is 0.935. The standard InChI is InChI=1S/C59H42N2S2/c1-4-36-18-6-8-20-38(36)46-34-47(39-21-9-7-19-37(39)5-2)57(61-49-27-15-11-25-45(49)55-51(61)33-31-43-41-23-13-17-29-53(41)63-59(43)55)35(3)56(46)60-48-26-14-10-24-44(48)54-50(60)32-30-42-40-22-12-16-28-52(40)62-58(42)54/h6-34H,4-5H2,1-3H3. The smallest absolute Gasteiger partial charge is 0.0591 e. The summed E-state index contributed by atoms with van der Waals surface area (Å²) in [7, 11) is 0. The summed E-state index contributed by atoms with van der Waals surface area (Å²) >= 11 is 3.84. The first-order valence-electron chi connectivity index (χ1n) is 22.1. The highest BCUT2D eigenvalue weighted by molar-refractivity contribution is 7.27. The molecule has 0 unspecified atom stereocenters. The SMILES string of the molecule is CCc1ccccc1-c1cc(-c2ccccc2CC)c(-n2c3ccccc3c3c4sc5ccccc5c4ccc32)c(C)c1-n1c2ccccc2c2c3sc4ccccc4c3ccc21. The van der Waals surface area contributed by atoms with Gasteiger partial charge in [0.25, 0.3) is 0 Å². The van der Waals surface area contributed by atoms with Crippen molar-refractivity contribution in [3.63, 3.8) is 0 Å². The summed E-state index contributed by atoms with van der Waals surface area (Å²) < 4.78 is 10.6. The largest absolute Gasteiger partial charge is 0.308 e. The van der Waals surface area contributed by atoms with Crippen molar-refractivity contribution in [2.75, 3.05) is 0 Å². The van der Waals surface area contributed by atoms with Gasteiger partial charge in [-0.15, -0.1) is 22.7 Å². The molecule has 4 heterocycles. The van der Waals surface area contributed by atoms with Crippen LogP contribution in [-0.2, 0) is 12.8 Å². The third-order valence-corrected chi connectivity index (χ3v) is 16.1.